The second-order valence-corrected chi connectivity index (χ2v) is 10.4. The Morgan fingerprint density at radius 1 is 0.651 bits per heavy atom. The average molecular weight is 597 g/mol. The Kier molecular flexibility index (Phi) is 10.6. The van der Waals surface area contributed by atoms with Crippen molar-refractivity contribution in [1.82, 2.24) is 0 Å². The van der Waals surface area contributed by atoms with Crippen LogP contribution in [0.2, 0.25) is 0 Å². The summed E-state index contributed by atoms with van der Waals surface area (Å²) in [4.78, 5) is 0. The monoisotopic (exact) mass is 596 g/mol. The first kappa shape index (κ1) is 31.8. The van der Waals surface area contributed by atoms with E-state index in [0.717, 1.165) is 43.2 Å². The highest BCUT2D eigenvalue weighted by molar-refractivity contribution is 5.75. The zero-order chi connectivity index (χ0) is 31.1. The van der Waals surface area contributed by atoms with Gasteiger partial charge in [-0.25, -0.2) is 30.7 Å². The van der Waals surface area contributed by atoms with Crippen LogP contribution in [0, 0.1) is 29.1 Å². The zero-order valence-corrected chi connectivity index (χ0v) is 23.7. The molecule has 0 aliphatic carbocycles. The molecule has 0 aliphatic rings. The minimum Gasteiger partial charge on any atom is -0.209 e. The van der Waals surface area contributed by atoms with E-state index in [0.29, 0.717) is 24.8 Å². The molecule has 0 saturated carbocycles. The van der Waals surface area contributed by atoms with Gasteiger partial charge >= 0.3 is 0 Å². The lowest BCUT2D eigenvalue weighted by Gasteiger charge is -2.12. The Morgan fingerprint density at radius 3 is 1.84 bits per heavy atom. The molecule has 0 aromatic heterocycles. The smallest absolute Gasteiger partial charge is 0.161 e. The van der Waals surface area contributed by atoms with Gasteiger partial charge in [-0.05, 0) is 84.7 Å². The summed E-state index contributed by atoms with van der Waals surface area (Å²) in [6.07, 6.45) is 5.17. The molecule has 0 heterocycles. The van der Waals surface area contributed by atoms with Crippen LogP contribution >= 0.6 is 0 Å². The van der Waals surface area contributed by atoms with Crippen LogP contribution < -0.4 is 0 Å². The van der Waals surface area contributed by atoms with Crippen LogP contribution in [0.15, 0.2) is 85.2 Å². The van der Waals surface area contributed by atoms with Gasteiger partial charge in [-0.15, -0.1) is 6.58 Å². The summed E-state index contributed by atoms with van der Waals surface area (Å²) in [6, 6.07) is 13.3. The number of allylic oxidation sites excluding steroid dienone is 2. The molecule has 0 atom stereocenters. The highest BCUT2D eigenvalue weighted by atomic mass is 19.2. The Bertz CT molecular complexity index is 1590. The van der Waals surface area contributed by atoms with Crippen molar-refractivity contribution < 1.29 is 30.7 Å². The minimum absolute atomic E-state index is 0.0143. The van der Waals surface area contributed by atoms with E-state index in [2.05, 4.69) is 6.58 Å². The predicted molar refractivity (Wildman–Crippen MR) is 159 cm³/mol. The van der Waals surface area contributed by atoms with Crippen molar-refractivity contribution in [2.75, 3.05) is 0 Å². The number of hydrogen-bond acceptors (Lipinski definition) is 0. The average Bonchev–Trinajstić information content (AvgIpc) is 2.98. The van der Waals surface area contributed by atoms with Gasteiger partial charge in [-0.3, -0.25) is 0 Å². The van der Waals surface area contributed by atoms with Gasteiger partial charge in [-0.1, -0.05) is 55.8 Å². The number of hydrogen-bond donors (Lipinski definition) is 0. The van der Waals surface area contributed by atoms with Crippen LogP contribution in [0.1, 0.15) is 56.6 Å². The van der Waals surface area contributed by atoms with E-state index in [1.807, 2.05) is 6.92 Å². The van der Waals surface area contributed by atoms with Crippen LogP contribution in [0.4, 0.5) is 30.7 Å². The van der Waals surface area contributed by atoms with Crippen molar-refractivity contribution in [1.29, 1.82) is 0 Å². The fourth-order valence-corrected chi connectivity index (χ4v) is 4.92. The number of unbranched alkanes of at least 4 members (excludes halogenated alkanes) is 3. The maximum atomic E-state index is 15.2. The summed E-state index contributed by atoms with van der Waals surface area (Å²) < 4.78 is 103. The van der Waals surface area contributed by atoms with E-state index in [1.165, 1.54) is 36.4 Å². The fourth-order valence-electron chi connectivity index (χ4n) is 4.92. The molecule has 4 aromatic carbocycles. The summed E-state index contributed by atoms with van der Waals surface area (Å²) in [6.45, 7) is 5.46. The lowest BCUT2D eigenvalue weighted by Crippen LogP contribution is -1.98. The zero-order valence-electron chi connectivity index (χ0n) is 23.7. The highest BCUT2D eigenvalue weighted by Crippen LogP contribution is 2.35. The first-order valence-corrected chi connectivity index (χ1v) is 14.2. The molecular formula is C36H31F7. The molecule has 0 radical (unpaired) electrons. The van der Waals surface area contributed by atoms with Gasteiger partial charge < -0.3 is 0 Å². The molecule has 4 aromatic rings. The minimum atomic E-state index is -1.17. The Morgan fingerprint density at radius 2 is 1.26 bits per heavy atom. The van der Waals surface area contributed by atoms with Crippen LogP contribution in [-0.2, 0) is 6.42 Å². The molecule has 0 nitrogen and oxygen atoms in total. The quantitative estimate of drug-likeness (QED) is 0.0867. The van der Waals surface area contributed by atoms with E-state index < -0.39 is 40.7 Å². The Hall–Kier alpha value is -4.13. The summed E-state index contributed by atoms with van der Waals surface area (Å²) in [5.74, 6) is -6.38. The molecule has 224 valence electrons. The summed E-state index contributed by atoms with van der Waals surface area (Å²) in [5, 5.41) is 0. The fraction of sp³-hybridized carbons (Fsp3) is 0.222. The molecule has 0 aliphatic heterocycles. The van der Waals surface area contributed by atoms with Crippen molar-refractivity contribution in [3.8, 4) is 33.4 Å². The van der Waals surface area contributed by atoms with Crippen molar-refractivity contribution in [3.05, 3.63) is 125 Å². The van der Waals surface area contributed by atoms with Gasteiger partial charge in [0, 0.05) is 23.1 Å². The maximum absolute atomic E-state index is 15.2. The first-order valence-electron chi connectivity index (χ1n) is 14.2. The number of halogens is 7. The molecule has 0 amide bonds. The second-order valence-electron chi connectivity index (χ2n) is 10.4. The highest BCUT2D eigenvalue weighted by Gasteiger charge is 2.18. The van der Waals surface area contributed by atoms with Crippen LogP contribution in [-0.4, -0.2) is 0 Å². The van der Waals surface area contributed by atoms with E-state index >= 15 is 8.78 Å². The molecule has 0 spiro atoms. The van der Waals surface area contributed by atoms with Crippen LogP contribution in [0.25, 0.3) is 39.2 Å². The number of rotatable bonds is 12. The molecule has 0 fully saturated rings. The predicted octanol–water partition coefficient (Wildman–Crippen LogP) is 12.1. The van der Waals surface area contributed by atoms with E-state index in [9.17, 15) is 22.0 Å². The normalized spacial score (nSPS) is 11.9. The molecule has 0 N–H and O–H groups in total. The summed E-state index contributed by atoms with van der Waals surface area (Å²) in [5.41, 5.74) is -0.0628. The second kappa shape index (κ2) is 14.4. The van der Waals surface area contributed by atoms with Gasteiger partial charge in [-0.2, -0.15) is 0 Å². The van der Waals surface area contributed by atoms with Crippen molar-refractivity contribution in [2.45, 2.75) is 51.9 Å². The third-order valence-corrected chi connectivity index (χ3v) is 7.30. The standard InChI is InChI=1S/C36H31F7/c1-3-5-7-8-9-28-31(39)18-25(19-32(28)40)22-11-13-23(14-12-22)35-33(41)20-26(21-34(35)42)27-16-15-24(17-30(27)38)36(43)29(37)10-6-4-2/h3,11-21H,1,4-10H2,2H3/b36-29+. The van der Waals surface area contributed by atoms with Gasteiger partial charge in [0.1, 0.15) is 34.9 Å². The molecule has 0 unspecified atom stereocenters. The van der Waals surface area contributed by atoms with Crippen molar-refractivity contribution >= 4 is 5.83 Å². The summed E-state index contributed by atoms with van der Waals surface area (Å²) >= 11 is 0. The topological polar surface area (TPSA) is 0 Å². The van der Waals surface area contributed by atoms with Crippen molar-refractivity contribution in [2.24, 2.45) is 0 Å². The Balaban J connectivity index is 1.57. The van der Waals surface area contributed by atoms with Gasteiger partial charge in [0.15, 0.2) is 5.83 Å². The van der Waals surface area contributed by atoms with Crippen molar-refractivity contribution in [3.63, 3.8) is 0 Å². The van der Waals surface area contributed by atoms with Gasteiger partial charge in [0.25, 0.3) is 0 Å². The SMILES string of the molecule is C=CCCCCc1c(F)cc(-c2ccc(-c3c(F)cc(-c4ccc(/C(F)=C(\F)CCCC)cc4F)cc3F)cc2)cc1F. The summed E-state index contributed by atoms with van der Waals surface area (Å²) in [7, 11) is 0. The number of benzene rings is 4. The van der Waals surface area contributed by atoms with E-state index in [1.54, 1.807) is 6.08 Å². The first-order chi connectivity index (χ1) is 20.6. The Labute approximate surface area is 247 Å². The third kappa shape index (κ3) is 7.45. The third-order valence-electron chi connectivity index (χ3n) is 7.30. The lowest BCUT2D eigenvalue weighted by atomic mass is 9.95. The molecule has 7 heteroatoms. The van der Waals surface area contributed by atoms with Crippen LogP contribution in [0.5, 0.6) is 0 Å². The largest absolute Gasteiger partial charge is 0.209 e. The van der Waals surface area contributed by atoms with E-state index in [-0.39, 0.29) is 51.8 Å². The van der Waals surface area contributed by atoms with Crippen LogP contribution in [0.3, 0.4) is 0 Å². The molecular weight excluding hydrogens is 565 g/mol. The van der Waals surface area contributed by atoms with E-state index in [4.69, 9.17) is 0 Å². The maximum Gasteiger partial charge on any atom is 0.161 e. The molecule has 43 heavy (non-hydrogen) atoms. The van der Waals surface area contributed by atoms with Gasteiger partial charge in [0.2, 0.25) is 0 Å². The molecule has 0 saturated heterocycles. The molecule has 0 bridgehead atoms. The lowest BCUT2D eigenvalue weighted by molar-refractivity contribution is 0.547. The molecule has 4 rings (SSSR count). The van der Waals surface area contributed by atoms with Gasteiger partial charge in [0.05, 0.1) is 5.56 Å².